The van der Waals surface area contributed by atoms with Crippen molar-refractivity contribution in [2.24, 2.45) is 0 Å². The number of benzene rings is 2. The van der Waals surface area contributed by atoms with Crippen LogP contribution in [0.3, 0.4) is 0 Å². The van der Waals surface area contributed by atoms with Crippen molar-refractivity contribution in [3.05, 3.63) is 89.1 Å². The summed E-state index contributed by atoms with van der Waals surface area (Å²) < 4.78 is 5.62. The van der Waals surface area contributed by atoms with E-state index in [2.05, 4.69) is 81.7 Å². The minimum Gasteiger partial charge on any atom is -0.397 e. The number of hydrogen-bond donors (Lipinski definition) is 4. The summed E-state index contributed by atoms with van der Waals surface area (Å²) in [6, 6.07) is 15.3. The highest BCUT2D eigenvalue weighted by atomic mass is 32.2. The third-order valence-corrected chi connectivity index (χ3v) is 8.34. The van der Waals surface area contributed by atoms with E-state index in [0.717, 1.165) is 56.2 Å². The van der Waals surface area contributed by atoms with Crippen LogP contribution in [0.4, 0.5) is 17.2 Å². The molecule has 1 unspecified atom stereocenters. The number of nitrogens with one attached hydrogen (secondary N) is 3. The number of nitrogen functional groups attached to an aromatic ring is 1. The van der Waals surface area contributed by atoms with Crippen LogP contribution in [0.25, 0.3) is 0 Å². The first-order chi connectivity index (χ1) is 19.6. The van der Waals surface area contributed by atoms with Crippen molar-refractivity contribution in [2.75, 3.05) is 30.8 Å². The molecular formula is C33H45N6S+. The van der Waals surface area contributed by atoms with Gasteiger partial charge < -0.3 is 11.1 Å². The molecule has 3 aromatic rings. The summed E-state index contributed by atoms with van der Waals surface area (Å²) >= 11 is 1.65. The number of hydrogen-bond acceptors (Lipinski definition) is 6. The fourth-order valence-corrected chi connectivity index (χ4v) is 6.08. The first-order valence-electron chi connectivity index (χ1n) is 14.7. The summed E-state index contributed by atoms with van der Waals surface area (Å²) in [5, 5.41) is 6.76. The van der Waals surface area contributed by atoms with Crippen molar-refractivity contribution in [1.82, 2.24) is 15.0 Å². The van der Waals surface area contributed by atoms with Gasteiger partial charge in [0.1, 0.15) is 12.9 Å². The Morgan fingerprint density at radius 1 is 1.18 bits per heavy atom. The highest BCUT2D eigenvalue weighted by molar-refractivity contribution is 7.97. The van der Waals surface area contributed by atoms with Crippen molar-refractivity contribution < 1.29 is 4.58 Å². The van der Waals surface area contributed by atoms with E-state index in [1.165, 1.54) is 51.4 Å². The van der Waals surface area contributed by atoms with Gasteiger partial charge in [0.2, 0.25) is 0 Å². The van der Waals surface area contributed by atoms with Crippen molar-refractivity contribution in [2.45, 2.75) is 70.6 Å². The van der Waals surface area contributed by atoms with E-state index in [4.69, 9.17) is 5.73 Å². The molecule has 1 aliphatic carbocycles. The lowest BCUT2D eigenvalue weighted by Crippen LogP contribution is -2.40. The molecule has 1 atom stereocenters. The molecule has 40 heavy (non-hydrogen) atoms. The lowest BCUT2D eigenvalue weighted by Gasteiger charge is -2.21. The second-order valence-corrected chi connectivity index (χ2v) is 11.0. The molecule has 6 nitrogen and oxygen atoms in total. The molecule has 0 amide bonds. The summed E-state index contributed by atoms with van der Waals surface area (Å²) in [7, 11) is 0. The minimum atomic E-state index is 0.335. The number of anilines is 2. The third kappa shape index (κ3) is 6.88. The first-order valence-corrected chi connectivity index (χ1v) is 15.5. The Morgan fingerprint density at radius 3 is 2.80 bits per heavy atom. The van der Waals surface area contributed by atoms with E-state index in [1.807, 2.05) is 32.2 Å². The highest BCUT2D eigenvalue weighted by Gasteiger charge is 2.24. The van der Waals surface area contributed by atoms with Gasteiger partial charge in [-0.3, -0.25) is 5.32 Å². The zero-order valence-electron chi connectivity index (χ0n) is 24.5. The van der Waals surface area contributed by atoms with Gasteiger partial charge in [-0.05, 0) is 97.5 Å². The molecule has 0 radical (unpaired) electrons. The van der Waals surface area contributed by atoms with Crippen molar-refractivity contribution in [1.29, 1.82) is 0 Å². The average Bonchev–Trinajstić information content (AvgIpc) is 3.77. The van der Waals surface area contributed by atoms with Gasteiger partial charge in [0.05, 0.1) is 22.8 Å². The SMILES string of the molecule is C=CCC(c1ccc2c(c1)C2)c1ccc(NCC)c(N)c1C.CC.c1cnc2c(c1)SNCNC1=[N+]2CCCC1. The Hall–Kier alpha value is -3.29. The van der Waals surface area contributed by atoms with Gasteiger partial charge in [0, 0.05) is 18.9 Å². The molecule has 0 spiro atoms. The molecular weight excluding hydrogens is 512 g/mol. The van der Waals surface area contributed by atoms with Gasteiger partial charge in [-0.1, -0.05) is 44.2 Å². The maximum atomic E-state index is 6.33. The van der Waals surface area contributed by atoms with Crippen LogP contribution < -0.4 is 21.1 Å². The van der Waals surface area contributed by atoms with E-state index in [1.54, 1.807) is 11.9 Å². The van der Waals surface area contributed by atoms with Crippen molar-refractivity contribution in [3.63, 3.8) is 0 Å². The fourth-order valence-electron chi connectivity index (χ4n) is 5.38. The first kappa shape index (κ1) is 29.7. The summed E-state index contributed by atoms with van der Waals surface area (Å²) in [4.78, 5) is 5.72. The molecule has 0 saturated carbocycles. The molecule has 2 aliphatic heterocycles. The Balaban J connectivity index is 0.000000181. The third-order valence-electron chi connectivity index (χ3n) is 7.51. The Bertz CT molecular complexity index is 1350. The number of nitrogens with two attached hydrogens (primary N) is 1. The monoisotopic (exact) mass is 557 g/mol. The lowest BCUT2D eigenvalue weighted by molar-refractivity contribution is -0.456. The molecule has 3 heterocycles. The van der Waals surface area contributed by atoms with Crippen molar-refractivity contribution >= 4 is 35.0 Å². The molecule has 0 fully saturated rings. The molecule has 5 N–H and O–H groups in total. The fraction of sp³-hybridized carbons (Fsp3) is 0.394. The Labute approximate surface area is 244 Å². The van der Waals surface area contributed by atoms with Gasteiger partial charge in [-0.2, -0.15) is 0 Å². The molecule has 7 heteroatoms. The topological polar surface area (TPSA) is 78.0 Å². The van der Waals surface area contributed by atoms with Gasteiger partial charge in [-0.25, -0.2) is 9.30 Å². The molecule has 212 valence electrons. The van der Waals surface area contributed by atoms with Crippen LogP contribution in [-0.2, 0) is 6.42 Å². The molecule has 1 aromatic heterocycles. The van der Waals surface area contributed by atoms with Gasteiger partial charge in [0.15, 0.2) is 5.84 Å². The number of fused-ring (bicyclic) bond motifs is 3. The summed E-state index contributed by atoms with van der Waals surface area (Å²) in [5.74, 6) is 2.72. The minimum absolute atomic E-state index is 0.335. The highest BCUT2D eigenvalue weighted by Crippen LogP contribution is 2.38. The lowest BCUT2D eigenvalue weighted by atomic mass is 9.85. The average molecular weight is 558 g/mol. The van der Waals surface area contributed by atoms with Crippen molar-refractivity contribution in [3.8, 4) is 0 Å². The van der Waals surface area contributed by atoms with Crippen LogP contribution in [0.1, 0.15) is 80.2 Å². The number of aromatic nitrogens is 1. The molecule has 0 saturated heterocycles. The van der Waals surface area contributed by atoms with Crippen LogP contribution in [0, 0.1) is 6.92 Å². The predicted molar refractivity (Wildman–Crippen MR) is 172 cm³/mol. The van der Waals surface area contributed by atoms with E-state index >= 15 is 0 Å². The number of pyridine rings is 1. The number of nitrogens with zero attached hydrogens (tertiary/aromatic N) is 2. The maximum absolute atomic E-state index is 6.33. The Morgan fingerprint density at radius 2 is 2.02 bits per heavy atom. The summed E-state index contributed by atoms with van der Waals surface area (Å²) in [6.07, 6.45) is 9.61. The summed E-state index contributed by atoms with van der Waals surface area (Å²) in [5.41, 5.74) is 15.0. The second-order valence-electron chi connectivity index (χ2n) is 10.0. The van der Waals surface area contributed by atoms with E-state index in [0.29, 0.717) is 5.92 Å². The number of rotatable bonds is 6. The van der Waals surface area contributed by atoms with E-state index in [-0.39, 0.29) is 0 Å². The molecule has 2 aromatic carbocycles. The van der Waals surface area contributed by atoms with Crippen LogP contribution in [-0.4, -0.2) is 35.2 Å². The Kier molecular flexibility index (Phi) is 10.7. The van der Waals surface area contributed by atoms with Gasteiger partial charge >= 0.3 is 0 Å². The van der Waals surface area contributed by atoms with E-state index in [9.17, 15) is 0 Å². The second kappa shape index (κ2) is 14.4. The molecule has 3 aliphatic rings. The molecule has 6 rings (SSSR count). The van der Waals surface area contributed by atoms with Gasteiger partial charge in [-0.15, -0.1) is 11.6 Å². The van der Waals surface area contributed by atoms with Crippen LogP contribution in [0.15, 0.2) is 66.2 Å². The van der Waals surface area contributed by atoms with Crippen LogP contribution in [0.2, 0.25) is 0 Å². The number of amidine groups is 1. The zero-order chi connectivity index (χ0) is 28.5. The predicted octanol–water partition coefficient (Wildman–Crippen LogP) is 7.11. The van der Waals surface area contributed by atoms with E-state index < -0.39 is 0 Å². The van der Waals surface area contributed by atoms with Crippen LogP contribution >= 0.6 is 11.9 Å². The largest absolute Gasteiger partial charge is 0.397 e. The van der Waals surface area contributed by atoms with Crippen LogP contribution in [0.5, 0.6) is 0 Å². The maximum Gasteiger partial charge on any atom is 0.277 e. The quantitative estimate of drug-likeness (QED) is 0.0876. The normalized spacial score (nSPS) is 15.6. The van der Waals surface area contributed by atoms with Gasteiger partial charge in [0.25, 0.3) is 5.82 Å². The zero-order valence-corrected chi connectivity index (χ0v) is 25.3. The smallest absolute Gasteiger partial charge is 0.277 e. The molecule has 0 bridgehead atoms. The standard InChI is InChI=1S/C20H24N2.C11H14N4S.C2H6/c1-4-6-18(15-8-7-14-11-16(14)12-15)17-9-10-19(22-5-2)20(21)13(17)3;1-2-7-15-10(5-1)13-8-14-16-9-4-3-6-12-11(9)15;1-2/h4,7-10,12,18,22H,1,5-6,11,21H2,2-3H3;3-4,6,14H,1-2,5,7-8H2;1-2H3/p+1. The summed E-state index contributed by atoms with van der Waals surface area (Å²) in [6.45, 7) is 14.9. The number of allylic oxidation sites excluding steroid dienone is 1.